The summed E-state index contributed by atoms with van der Waals surface area (Å²) in [7, 11) is 0. The molecule has 0 aliphatic rings. The summed E-state index contributed by atoms with van der Waals surface area (Å²) >= 11 is 0. The van der Waals surface area contributed by atoms with E-state index >= 15 is 0 Å². The van der Waals surface area contributed by atoms with Crippen LogP contribution in [0.4, 0.5) is 13.2 Å². The molecule has 1 atom stereocenters. The highest BCUT2D eigenvalue weighted by molar-refractivity contribution is 5.78. The van der Waals surface area contributed by atoms with Crippen molar-refractivity contribution in [3.05, 3.63) is 35.4 Å². The Morgan fingerprint density at radius 2 is 1.90 bits per heavy atom. The fourth-order valence-corrected chi connectivity index (χ4v) is 1.98. The predicted molar refractivity (Wildman–Crippen MR) is 75.7 cm³/mol. The lowest BCUT2D eigenvalue weighted by Gasteiger charge is -2.16. The van der Waals surface area contributed by atoms with Gasteiger partial charge in [-0.3, -0.25) is 4.79 Å². The van der Waals surface area contributed by atoms with Crippen molar-refractivity contribution in [3.63, 3.8) is 0 Å². The van der Waals surface area contributed by atoms with E-state index in [-0.39, 0.29) is 18.4 Å². The zero-order chi connectivity index (χ0) is 15.9. The molecule has 1 rings (SSSR count). The molecule has 1 aromatic rings. The first kappa shape index (κ1) is 17.5. The first-order valence-electron chi connectivity index (χ1n) is 7.02. The van der Waals surface area contributed by atoms with Gasteiger partial charge in [-0.15, -0.1) is 0 Å². The molecule has 6 heteroatoms. The highest BCUT2D eigenvalue weighted by Crippen LogP contribution is 2.29. The molecule has 21 heavy (non-hydrogen) atoms. The quantitative estimate of drug-likeness (QED) is 0.813. The first-order valence-corrected chi connectivity index (χ1v) is 7.02. The number of rotatable bonds is 7. The van der Waals surface area contributed by atoms with Crippen LogP contribution in [0.25, 0.3) is 0 Å². The summed E-state index contributed by atoms with van der Waals surface area (Å²) < 4.78 is 37.3. The van der Waals surface area contributed by atoms with E-state index in [0.29, 0.717) is 12.1 Å². The first-order chi connectivity index (χ1) is 9.86. The van der Waals surface area contributed by atoms with Crippen LogP contribution in [0.1, 0.15) is 37.3 Å². The minimum absolute atomic E-state index is 0.0563. The van der Waals surface area contributed by atoms with Gasteiger partial charge in [0.25, 0.3) is 0 Å². The van der Waals surface area contributed by atoms with Crippen molar-refractivity contribution < 1.29 is 18.0 Å². The van der Waals surface area contributed by atoms with Crippen molar-refractivity contribution >= 4 is 5.91 Å². The number of carbonyl (C=O) groups is 1. The molecule has 1 unspecified atom stereocenters. The number of halogens is 3. The van der Waals surface area contributed by atoms with Gasteiger partial charge in [0, 0.05) is 12.6 Å². The Morgan fingerprint density at radius 1 is 1.29 bits per heavy atom. The number of hydrogen-bond acceptors (Lipinski definition) is 2. The molecule has 0 fully saturated rings. The molecule has 118 valence electrons. The lowest BCUT2D eigenvalue weighted by Crippen LogP contribution is -2.40. The van der Waals surface area contributed by atoms with Crippen LogP contribution < -0.4 is 11.1 Å². The molecule has 0 aliphatic heterocycles. The second-order valence-electron chi connectivity index (χ2n) is 5.01. The molecular weight excluding hydrogens is 281 g/mol. The molecule has 3 N–H and O–H groups in total. The molecule has 0 spiro atoms. The zero-order valence-electron chi connectivity index (χ0n) is 12.0. The molecular formula is C15H21F3N2O. The highest BCUT2D eigenvalue weighted by Gasteiger charge is 2.29. The summed E-state index contributed by atoms with van der Waals surface area (Å²) in [6.07, 6.45) is -1.49. The van der Waals surface area contributed by atoms with Crippen molar-refractivity contribution in [1.29, 1.82) is 0 Å². The van der Waals surface area contributed by atoms with E-state index in [2.05, 4.69) is 12.2 Å². The summed E-state index contributed by atoms with van der Waals surface area (Å²) in [5.74, 6) is -0.221. The van der Waals surface area contributed by atoms with Crippen molar-refractivity contribution in [2.45, 2.75) is 44.8 Å². The molecule has 0 aliphatic carbocycles. The lowest BCUT2D eigenvalue weighted by molar-refractivity contribution is -0.137. The molecule has 0 saturated carbocycles. The van der Waals surface area contributed by atoms with Gasteiger partial charge in [-0.1, -0.05) is 31.9 Å². The molecule has 0 radical (unpaired) electrons. The third kappa shape index (κ3) is 6.16. The number of hydrogen-bond donors (Lipinski definition) is 2. The van der Waals surface area contributed by atoms with E-state index in [0.717, 1.165) is 31.4 Å². The minimum atomic E-state index is -4.36. The van der Waals surface area contributed by atoms with Crippen LogP contribution in [0.3, 0.4) is 0 Å². The van der Waals surface area contributed by atoms with E-state index in [4.69, 9.17) is 5.73 Å². The van der Waals surface area contributed by atoms with Crippen LogP contribution >= 0.6 is 0 Å². The van der Waals surface area contributed by atoms with Crippen LogP contribution in [0.2, 0.25) is 0 Å². The molecule has 1 aromatic carbocycles. The smallest absolute Gasteiger partial charge is 0.352 e. The fraction of sp³-hybridized carbons (Fsp3) is 0.533. The van der Waals surface area contributed by atoms with Crippen LogP contribution in [-0.4, -0.2) is 18.5 Å². The third-order valence-electron chi connectivity index (χ3n) is 3.20. The van der Waals surface area contributed by atoms with E-state index in [1.54, 1.807) is 0 Å². The number of amides is 1. The van der Waals surface area contributed by atoms with Gasteiger partial charge < -0.3 is 11.1 Å². The maximum absolute atomic E-state index is 12.4. The molecule has 3 nitrogen and oxygen atoms in total. The molecule has 0 saturated heterocycles. The number of benzene rings is 1. The Labute approximate surface area is 122 Å². The van der Waals surface area contributed by atoms with Crippen molar-refractivity contribution in [3.8, 4) is 0 Å². The molecule has 0 bridgehead atoms. The van der Waals surface area contributed by atoms with Gasteiger partial charge in [0.15, 0.2) is 0 Å². The maximum Gasteiger partial charge on any atom is 0.416 e. The van der Waals surface area contributed by atoms with Gasteiger partial charge in [-0.2, -0.15) is 13.2 Å². The van der Waals surface area contributed by atoms with Crippen LogP contribution in [0.5, 0.6) is 0 Å². The number of carbonyl (C=O) groups excluding carboxylic acids is 1. The van der Waals surface area contributed by atoms with Gasteiger partial charge >= 0.3 is 6.18 Å². The Kier molecular flexibility index (Phi) is 6.68. The normalized spacial score (nSPS) is 13.0. The van der Waals surface area contributed by atoms with E-state index in [1.807, 2.05) is 0 Å². The van der Waals surface area contributed by atoms with Gasteiger partial charge in [-0.25, -0.2) is 0 Å². The fourth-order valence-electron chi connectivity index (χ4n) is 1.98. The summed E-state index contributed by atoms with van der Waals surface area (Å²) in [4.78, 5) is 11.8. The number of nitrogens with one attached hydrogen (secondary N) is 1. The monoisotopic (exact) mass is 302 g/mol. The van der Waals surface area contributed by atoms with Crippen molar-refractivity contribution in [2.24, 2.45) is 5.73 Å². The second kappa shape index (κ2) is 8.02. The minimum Gasteiger partial charge on any atom is -0.352 e. The number of unbranched alkanes of at least 4 members (excludes halogenated alkanes) is 1. The number of alkyl halides is 3. The summed E-state index contributed by atoms with van der Waals surface area (Å²) in [5.41, 5.74) is 5.42. The van der Waals surface area contributed by atoms with Crippen LogP contribution in [0, 0.1) is 0 Å². The average Bonchev–Trinajstić information content (AvgIpc) is 2.43. The van der Waals surface area contributed by atoms with Gasteiger partial charge in [-0.05, 0) is 24.1 Å². The van der Waals surface area contributed by atoms with Gasteiger partial charge in [0.2, 0.25) is 5.91 Å². The third-order valence-corrected chi connectivity index (χ3v) is 3.20. The largest absolute Gasteiger partial charge is 0.416 e. The summed E-state index contributed by atoms with van der Waals surface area (Å²) in [5, 5.41) is 2.81. The highest BCUT2D eigenvalue weighted by atomic mass is 19.4. The van der Waals surface area contributed by atoms with Gasteiger partial charge in [0.05, 0.1) is 12.0 Å². The lowest BCUT2D eigenvalue weighted by atomic mass is 10.1. The molecule has 1 amide bonds. The molecule has 0 aromatic heterocycles. The average molecular weight is 302 g/mol. The standard InChI is InChI=1S/C15H21F3N2O/c1-2-3-4-13(10-19)20-14(21)9-11-5-7-12(8-6-11)15(16,17)18/h5-8,13H,2-4,9-10,19H2,1H3,(H,20,21). The summed E-state index contributed by atoms with van der Waals surface area (Å²) in [6, 6.07) is 4.55. The number of nitrogens with two attached hydrogens (primary N) is 1. The van der Waals surface area contributed by atoms with Crippen LogP contribution in [-0.2, 0) is 17.4 Å². The Bertz CT molecular complexity index is 443. The van der Waals surface area contributed by atoms with E-state index < -0.39 is 11.7 Å². The zero-order valence-corrected chi connectivity index (χ0v) is 12.0. The van der Waals surface area contributed by atoms with E-state index in [9.17, 15) is 18.0 Å². The van der Waals surface area contributed by atoms with Crippen LogP contribution in [0.15, 0.2) is 24.3 Å². The van der Waals surface area contributed by atoms with Crippen molar-refractivity contribution in [2.75, 3.05) is 6.54 Å². The molecule has 0 heterocycles. The summed E-state index contributed by atoms with van der Waals surface area (Å²) in [6.45, 7) is 2.41. The Morgan fingerprint density at radius 3 is 2.38 bits per heavy atom. The Balaban J connectivity index is 2.54. The Hall–Kier alpha value is -1.56. The maximum atomic E-state index is 12.4. The van der Waals surface area contributed by atoms with E-state index in [1.165, 1.54) is 12.1 Å². The second-order valence-corrected chi connectivity index (χ2v) is 5.01. The topological polar surface area (TPSA) is 55.1 Å². The van der Waals surface area contributed by atoms with Crippen molar-refractivity contribution in [1.82, 2.24) is 5.32 Å². The SMILES string of the molecule is CCCCC(CN)NC(=O)Cc1ccc(C(F)(F)F)cc1. The van der Waals surface area contributed by atoms with Gasteiger partial charge in [0.1, 0.15) is 0 Å². The predicted octanol–water partition coefficient (Wildman–Crippen LogP) is 2.88.